The largest absolute Gasteiger partial charge is 0.394 e. The van der Waals surface area contributed by atoms with Crippen LogP contribution in [0.5, 0.6) is 0 Å². The van der Waals surface area contributed by atoms with Crippen LogP contribution < -0.4 is 15.5 Å². The number of aromatic nitrogens is 1. The Hall–Kier alpha value is -1.53. The van der Waals surface area contributed by atoms with Crippen molar-refractivity contribution >= 4 is 23.4 Å². The molecule has 1 aliphatic rings. The number of aliphatic imine (C=N–C) groups is 1. The van der Waals surface area contributed by atoms with Gasteiger partial charge >= 0.3 is 0 Å². The third kappa shape index (κ3) is 4.47. The number of hydrogen-bond acceptors (Lipinski definition) is 4. The molecule has 0 spiro atoms. The molecule has 0 aromatic carbocycles. The summed E-state index contributed by atoms with van der Waals surface area (Å²) in [4.78, 5) is 10.8. The first kappa shape index (κ1) is 15.9. The molecule has 2 heterocycles. The molecule has 21 heavy (non-hydrogen) atoms. The number of anilines is 1. The minimum absolute atomic E-state index is 0.0525. The molecular formula is C14H22ClN5O. The molecule has 0 radical (unpaired) electrons. The Morgan fingerprint density at radius 3 is 3.19 bits per heavy atom. The molecule has 1 aromatic rings. The zero-order valence-corrected chi connectivity index (χ0v) is 13.0. The van der Waals surface area contributed by atoms with Gasteiger partial charge in [-0.05, 0) is 25.5 Å². The molecule has 1 aromatic heterocycles. The molecule has 3 N–H and O–H groups in total. The van der Waals surface area contributed by atoms with E-state index in [9.17, 15) is 0 Å². The highest BCUT2D eigenvalue weighted by molar-refractivity contribution is 6.32. The number of aliphatic hydroxyl groups excluding tert-OH is 1. The Balaban J connectivity index is 1.94. The number of guanidine groups is 1. The van der Waals surface area contributed by atoms with Crippen molar-refractivity contribution in [3.8, 4) is 0 Å². The van der Waals surface area contributed by atoms with Gasteiger partial charge in [-0.1, -0.05) is 11.6 Å². The van der Waals surface area contributed by atoms with Crippen molar-refractivity contribution in [1.82, 2.24) is 15.6 Å². The van der Waals surface area contributed by atoms with E-state index in [0.29, 0.717) is 17.6 Å². The number of nitrogens with zero attached hydrogens (tertiary/aromatic N) is 3. The Labute approximate surface area is 130 Å². The molecular weight excluding hydrogens is 290 g/mol. The SMILES string of the molecule is CCNC(=NCCO)NC1CCN(c2ncccc2Cl)C1. The van der Waals surface area contributed by atoms with Crippen LogP contribution in [0.2, 0.25) is 5.02 Å². The van der Waals surface area contributed by atoms with Gasteiger partial charge in [0, 0.05) is 31.9 Å². The number of rotatable bonds is 5. The summed E-state index contributed by atoms with van der Waals surface area (Å²) in [5.74, 6) is 1.58. The van der Waals surface area contributed by atoms with E-state index in [1.165, 1.54) is 0 Å². The quantitative estimate of drug-likeness (QED) is 0.556. The van der Waals surface area contributed by atoms with E-state index < -0.39 is 0 Å². The lowest BCUT2D eigenvalue weighted by Gasteiger charge is -2.20. The average Bonchev–Trinajstić information content (AvgIpc) is 2.94. The van der Waals surface area contributed by atoms with Crippen molar-refractivity contribution in [1.29, 1.82) is 0 Å². The smallest absolute Gasteiger partial charge is 0.191 e. The van der Waals surface area contributed by atoms with Gasteiger partial charge in [-0.15, -0.1) is 0 Å². The third-order valence-corrected chi connectivity index (χ3v) is 3.58. The average molecular weight is 312 g/mol. The van der Waals surface area contributed by atoms with Crippen LogP contribution in [0.4, 0.5) is 5.82 Å². The Bertz CT molecular complexity index is 482. The topological polar surface area (TPSA) is 72.8 Å². The summed E-state index contributed by atoms with van der Waals surface area (Å²) in [6, 6.07) is 3.99. The first-order valence-corrected chi connectivity index (χ1v) is 7.63. The Kier molecular flexibility index (Phi) is 6.07. The van der Waals surface area contributed by atoms with Crippen LogP contribution >= 0.6 is 11.6 Å². The summed E-state index contributed by atoms with van der Waals surface area (Å²) in [7, 11) is 0. The van der Waals surface area contributed by atoms with Gasteiger partial charge < -0.3 is 20.6 Å². The van der Waals surface area contributed by atoms with Gasteiger partial charge in [0.15, 0.2) is 5.96 Å². The lowest BCUT2D eigenvalue weighted by atomic mass is 10.3. The molecule has 0 amide bonds. The summed E-state index contributed by atoms with van der Waals surface area (Å²) in [6.07, 6.45) is 2.76. The predicted molar refractivity (Wildman–Crippen MR) is 86.1 cm³/mol. The van der Waals surface area contributed by atoms with E-state index >= 15 is 0 Å². The molecule has 2 rings (SSSR count). The highest BCUT2D eigenvalue weighted by Crippen LogP contribution is 2.25. The number of halogens is 1. The molecule has 7 heteroatoms. The molecule has 1 unspecified atom stereocenters. The lowest BCUT2D eigenvalue weighted by Crippen LogP contribution is -2.44. The van der Waals surface area contributed by atoms with Crippen molar-refractivity contribution in [2.75, 3.05) is 37.7 Å². The number of hydrogen-bond donors (Lipinski definition) is 3. The van der Waals surface area contributed by atoms with Gasteiger partial charge in [0.2, 0.25) is 0 Å². The maximum absolute atomic E-state index is 8.87. The van der Waals surface area contributed by atoms with Gasteiger partial charge in [0.05, 0.1) is 18.2 Å². The molecule has 0 aliphatic carbocycles. The highest BCUT2D eigenvalue weighted by atomic mass is 35.5. The lowest BCUT2D eigenvalue weighted by molar-refractivity contribution is 0.306. The van der Waals surface area contributed by atoms with Crippen LogP contribution in [0.25, 0.3) is 0 Å². The van der Waals surface area contributed by atoms with Crippen LogP contribution in [0.3, 0.4) is 0 Å². The van der Waals surface area contributed by atoms with Crippen molar-refractivity contribution in [3.05, 3.63) is 23.4 Å². The van der Waals surface area contributed by atoms with Crippen LogP contribution in [0.1, 0.15) is 13.3 Å². The van der Waals surface area contributed by atoms with Crippen molar-refractivity contribution in [2.45, 2.75) is 19.4 Å². The van der Waals surface area contributed by atoms with E-state index in [1.807, 2.05) is 19.1 Å². The van der Waals surface area contributed by atoms with Gasteiger partial charge in [-0.3, -0.25) is 4.99 Å². The van der Waals surface area contributed by atoms with E-state index in [4.69, 9.17) is 16.7 Å². The van der Waals surface area contributed by atoms with Gasteiger partial charge in [0.1, 0.15) is 5.82 Å². The molecule has 0 saturated carbocycles. The zero-order chi connectivity index (χ0) is 15.1. The van der Waals surface area contributed by atoms with Crippen LogP contribution in [0, 0.1) is 0 Å². The van der Waals surface area contributed by atoms with Crippen LogP contribution in [0.15, 0.2) is 23.3 Å². The maximum atomic E-state index is 8.87. The van der Waals surface area contributed by atoms with E-state index in [0.717, 1.165) is 37.8 Å². The summed E-state index contributed by atoms with van der Waals surface area (Å²) in [6.45, 7) is 5.01. The van der Waals surface area contributed by atoms with E-state index in [-0.39, 0.29) is 6.61 Å². The number of pyridine rings is 1. The molecule has 0 bridgehead atoms. The second-order valence-corrected chi connectivity index (χ2v) is 5.28. The Morgan fingerprint density at radius 1 is 1.62 bits per heavy atom. The first-order valence-electron chi connectivity index (χ1n) is 7.25. The fraction of sp³-hybridized carbons (Fsp3) is 0.571. The van der Waals surface area contributed by atoms with Crippen molar-refractivity contribution in [3.63, 3.8) is 0 Å². The van der Waals surface area contributed by atoms with E-state index in [2.05, 4.69) is 25.5 Å². The fourth-order valence-corrected chi connectivity index (χ4v) is 2.60. The first-order chi connectivity index (χ1) is 10.2. The summed E-state index contributed by atoms with van der Waals surface area (Å²) in [5, 5.41) is 16.1. The Morgan fingerprint density at radius 2 is 2.48 bits per heavy atom. The molecule has 116 valence electrons. The normalized spacial score (nSPS) is 18.9. The summed E-state index contributed by atoms with van der Waals surface area (Å²) < 4.78 is 0. The number of aliphatic hydroxyl groups is 1. The second-order valence-electron chi connectivity index (χ2n) is 4.87. The summed E-state index contributed by atoms with van der Waals surface area (Å²) in [5.41, 5.74) is 0. The molecule has 1 saturated heterocycles. The fourth-order valence-electron chi connectivity index (χ4n) is 2.36. The van der Waals surface area contributed by atoms with Crippen LogP contribution in [-0.2, 0) is 0 Å². The minimum atomic E-state index is 0.0525. The molecule has 1 atom stereocenters. The maximum Gasteiger partial charge on any atom is 0.191 e. The molecule has 1 fully saturated rings. The standard InChI is InChI=1S/C14H22ClN5O/c1-2-16-14(18-7-9-21)19-11-5-8-20(10-11)13-12(15)4-3-6-17-13/h3-4,6,11,21H,2,5,7-10H2,1H3,(H2,16,18,19). The van der Waals surface area contributed by atoms with E-state index in [1.54, 1.807) is 6.20 Å². The van der Waals surface area contributed by atoms with Crippen LogP contribution in [-0.4, -0.2) is 54.9 Å². The minimum Gasteiger partial charge on any atom is -0.394 e. The predicted octanol–water partition coefficient (Wildman–Crippen LogP) is 0.861. The molecule has 6 nitrogen and oxygen atoms in total. The number of nitrogens with one attached hydrogen (secondary N) is 2. The highest BCUT2D eigenvalue weighted by Gasteiger charge is 2.25. The summed E-state index contributed by atoms with van der Waals surface area (Å²) >= 11 is 6.19. The monoisotopic (exact) mass is 311 g/mol. The van der Waals surface area contributed by atoms with Crippen molar-refractivity contribution in [2.24, 2.45) is 4.99 Å². The second kappa shape index (κ2) is 8.05. The molecule has 1 aliphatic heterocycles. The van der Waals surface area contributed by atoms with Gasteiger partial charge in [0.25, 0.3) is 0 Å². The van der Waals surface area contributed by atoms with Gasteiger partial charge in [-0.25, -0.2) is 4.98 Å². The third-order valence-electron chi connectivity index (χ3n) is 3.28. The van der Waals surface area contributed by atoms with Crippen molar-refractivity contribution < 1.29 is 5.11 Å². The van der Waals surface area contributed by atoms with Gasteiger partial charge in [-0.2, -0.15) is 0 Å². The zero-order valence-electron chi connectivity index (χ0n) is 12.2.